The smallest absolute Gasteiger partial charge is 0.340 e. The van der Waals surface area contributed by atoms with Crippen LogP contribution in [0.25, 0.3) is 0 Å². The van der Waals surface area contributed by atoms with Gasteiger partial charge in [-0.3, -0.25) is 4.79 Å². The lowest BCUT2D eigenvalue weighted by Gasteiger charge is -2.24. The minimum Gasteiger partial charge on any atom is -0.465 e. The molecule has 0 aliphatic carbocycles. The topological polar surface area (TPSA) is 97.5 Å². The van der Waals surface area contributed by atoms with Crippen LogP contribution in [0, 0.1) is 5.41 Å². The number of nitrogens with zero attached hydrogens (tertiary/aromatic N) is 2. The molecule has 114 valence electrons. The van der Waals surface area contributed by atoms with Crippen molar-refractivity contribution < 1.29 is 14.3 Å². The number of anilines is 2. The van der Waals surface area contributed by atoms with Gasteiger partial charge in [0.25, 0.3) is 0 Å². The Labute approximate surface area is 123 Å². The van der Waals surface area contributed by atoms with E-state index in [1.54, 1.807) is 7.05 Å². The number of hydrogen-bond donors (Lipinski definition) is 2. The lowest BCUT2D eigenvalue weighted by molar-refractivity contribution is -0.128. The first-order valence-electron chi connectivity index (χ1n) is 6.73. The van der Waals surface area contributed by atoms with E-state index in [0.717, 1.165) is 0 Å². The van der Waals surface area contributed by atoms with Gasteiger partial charge in [-0.15, -0.1) is 0 Å². The fourth-order valence-corrected chi connectivity index (χ4v) is 2.63. The van der Waals surface area contributed by atoms with Crippen LogP contribution in [0.5, 0.6) is 0 Å². The Morgan fingerprint density at radius 3 is 2.86 bits per heavy atom. The van der Waals surface area contributed by atoms with Crippen molar-refractivity contribution in [3.8, 4) is 0 Å². The summed E-state index contributed by atoms with van der Waals surface area (Å²) in [6.07, 6.45) is 2.23. The summed E-state index contributed by atoms with van der Waals surface area (Å²) in [7, 11) is 2.93. The van der Waals surface area contributed by atoms with E-state index in [1.807, 2.05) is 11.8 Å². The monoisotopic (exact) mass is 292 g/mol. The number of rotatable bonds is 3. The van der Waals surface area contributed by atoms with Crippen molar-refractivity contribution >= 4 is 23.4 Å². The third-order valence-corrected chi connectivity index (χ3v) is 3.92. The molecular weight excluding hydrogens is 272 g/mol. The van der Waals surface area contributed by atoms with E-state index in [1.165, 1.54) is 19.4 Å². The van der Waals surface area contributed by atoms with Gasteiger partial charge in [0.15, 0.2) is 5.82 Å². The molecule has 0 saturated carbocycles. The molecule has 1 aliphatic rings. The molecule has 2 rings (SSSR count). The number of ether oxygens (including phenoxy) is 1. The standard InChI is InChI=1S/C14H20N4O3/c1-14(13(20)16-2)5-7-18(8-14)11-10(15)9(4-6-17-11)12(19)21-3/h4,6H,5,7-8,15H2,1-3H3,(H,16,20). The molecule has 1 aromatic rings. The van der Waals surface area contributed by atoms with Crippen LogP contribution in [0.1, 0.15) is 23.7 Å². The normalized spacial score (nSPS) is 21.2. The molecule has 1 aliphatic heterocycles. The number of carbonyl (C=O) groups is 2. The molecule has 1 amide bonds. The van der Waals surface area contributed by atoms with Crippen LogP contribution in [-0.2, 0) is 9.53 Å². The summed E-state index contributed by atoms with van der Waals surface area (Å²) in [4.78, 5) is 29.8. The minimum absolute atomic E-state index is 0.00676. The fraction of sp³-hybridized carbons (Fsp3) is 0.500. The third kappa shape index (κ3) is 2.63. The highest BCUT2D eigenvalue weighted by Crippen LogP contribution is 2.35. The minimum atomic E-state index is -0.496. The number of amides is 1. The molecular formula is C14H20N4O3. The predicted molar refractivity (Wildman–Crippen MR) is 79.0 cm³/mol. The lowest BCUT2D eigenvalue weighted by Crippen LogP contribution is -2.39. The first kappa shape index (κ1) is 15.1. The Bertz CT molecular complexity index is 575. The number of pyridine rings is 1. The van der Waals surface area contributed by atoms with E-state index in [4.69, 9.17) is 10.5 Å². The molecule has 7 nitrogen and oxygen atoms in total. The van der Waals surface area contributed by atoms with Crippen molar-refractivity contribution in [2.75, 3.05) is 37.9 Å². The van der Waals surface area contributed by atoms with E-state index in [9.17, 15) is 9.59 Å². The zero-order valence-electron chi connectivity index (χ0n) is 12.5. The quantitative estimate of drug-likeness (QED) is 0.783. The number of hydrogen-bond acceptors (Lipinski definition) is 6. The van der Waals surface area contributed by atoms with Crippen LogP contribution in [0.15, 0.2) is 12.3 Å². The van der Waals surface area contributed by atoms with E-state index in [0.29, 0.717) is 25.3 Å². The zero-order chi connectivity index (χ0) is 15.6. The number of nitrogens with two attached hydrogens (primary N) is 1. The van der Waals surface area contributed by atoms with Gasteiger partial charge in [-0.1, -0.05) is 0 Å². The number of nitrogen functional groups attached to an aromatic ring is 1. The summed E-state index contributed by atoms with van der Waals surface area (Å²) in [5.74, 6) is 0.0163. The van der Waals surface area contributed by atoms with Crippen molar-refractivity contribution in [2.45, 2.75) is 13.3 Å². The Balaban J connectivity index is 2.29. The highest BCUT2D eigenvalue weighted by molar-refractivity contribution is 5.97. The van der Waals surface area contributed by atoms with Gasteiger partial charge in [-0.25, -0.2) is 9.78 Å². The Kier molecular flexibility index (Phi) is 4.02. The van der Waals surface area contributed by atoms with Gasteiger partial charge in [0.2, 0.25) is 5.91 Å². The van der Waals surface area contributed by atoms with Gasteiger partial charge >= 0.3 is 5.97 Å². The van der Waals surface area contributed by atoms with E-state index >= 15 is 0 Å². The summed E-state index contributed by atoms with van der Waals surface area (Å²) >= 11 is 0. The molecule has 0 bridgehead atoms. The Hall–Kier alpha value is -2.31. The summed E-state index contributed by atoms with van der Waals surface area (Å²) < 4.78 is 4.70. The van der Waals surface area contributed by atoms with Crippen LogP contribution < -0.4 is 16.0 Å². The van der Waals surface area contributed by atoms with Crippen LogP contribution in [-0.4, -0.2) is 44.1 Å². The first-order chi connectivity index (χ1) is 9.92. The number of carbonyl (C=O) groups excluding carboxylic acids is 2. The molecule has 1 aromatic heterocycles. The Morgan fingerprint density at radius 2 is 2.24 bits per heavy atom. The zero-order valence-corrected chi connectivity index (χ0v) is 12.5. The van der Waals surface area contributed by atoms with E-state index in [2.05, 4.69) is 10.3 Å². The second-order valence-electron chi connectivity index (χ2n) is 5.40. The van der Waals surface area contributed by atoms with Crippen LogP contribution in [0.4, 0.5) is 11.5 Å². The summed E-state index contributed by atoms with van der Waals surface area (Å²) in [5.41, 5.74) is 6.12. The second kappa shape index (κ2) is 5.59. The molecule has 0 radical (unpaired) electrons. The van der Waals surface area contributed by atoms with Gasteiger partial charge in [0.1, 0.15) is 0 Å². The average Bonchev–Trinajstić information content (AvgIpc) is 2.89. The average molecular weight is 292 g/mol. The molecule has 2 heterocycles. The van der Waals surface area contributed by atoms with Gasteiger partial charge in [-0.2, -0.15) is 0 Å². The molecule has 1 atom stereocenters. The number of aromatic nitrogens is 1. The maximum absolute atomic E-state index is 12.0. The van der Waals surface area contributed by atoms with Crippen molar-refractivity contribution in [1.82, 2.24) is 10.3 Å². The maximum atomic E-state index is 12.0. The molecule has 1 fully saturated rings. The third-order valence-electron chi connectivity index (χ3n) is 3.92. The maximum Gasteiger partial charge on any atom is 0.340 e. The highest BCUT2D eigenvalue weighted by Gasteiger charge is 2.41. The van der Waals surface area contributed by atoms with Gasteiger partial charge in [-0.05, 0) is 19.4 Å². The van der Waals surface area contributed by atoms with Crippen molar-refractivity contribution in [3.63, 3.8) is 0 Å². The molecule has 1 unspecified atom stereocenters. The van der Waals surface area contributed by atoms with E-state index in [-0.39, 0.29) is 17.2 Å². The second-order valence-corrected chi connectivity index (χ2v) is 5.40. The number of esters is 1. The summed E-state index contributed by atoms with van der Waals surface area (Å²) in [6.45, 7) is 3.08. The van der Waals surface area contributed by atoms with Crippen LogP contribution in [0.2, 0.25) is 0 Å². The summed E-state index contributed by atoms with van der Waals surface area (Å²) in [6, 6.07) is 1.53. The fourth-order valence-electron chi connectivity index (χ4n) is 2.63. The molecule has 3 N–H and O–H groups in total. The number of nitrogens with one attached hydrogen (secondary N) is 1. The molecule has 0 aromatic carbocycles. The van der Waals surface area contributed by atoms with E-state index < -0.39 is 11.4 Å². The van der Waals surface area contributed by atoms with Crippen LogP contribution in [0.3, 0.4) is 0 Å². The lowest BCUT2D eigenvalue weighted by atomic mass is 9.89. The SMILES string of the molecule is CNC(=O)C1(C)CCN(c2nccc(C(=O)OC)c2N)C1. The van der Waals surface area contributed by atoms with Crippen molar-refractivity contribution in [3.05, 3.63) is 17.8 Å². The molecule has 1 saturated heterocycles. The molecule has 21 heavy (non-hydrogen) atoms. The Morgan fingerprint density at radius 1 is 1.52 bits per heavy atom. The first-order valence-corrected chi connectivity index (χ1v) is 6.73. The van der Waals surface area contributed by atoms with Crippen molar-refractivity contribution in [1.29, 1.82) is 0 Å². The summed E-state index contributed by atoms with van der Waals surface area (Å²) in [5, 5.41) is 2.68. The molecule has 7 heteroatoms. The largest absolute Gasteiger partial charge is 0.465 e. The predicted octanol–water partition coefficient (Wildman–Crippen LogP) is 0.413. The number of methoxy groups -OCH3 is 1. The van der Waals surface area contributed by atoms with Gasteiger partial charge < -0.3 is 20.7 Å². The highest BCUT2D eigenvalue weighted by atomic mass is 16.5. The van der Waals surface area contributed by atoms with Gasteiger partial charge in [0.05, 0.1) is 23.8 Å². The van der Waals surface area contributed by atoms with Crippen molar-refractivity contribution in [2.24, 2.45) is 5.41 Å². The van der Waals surface area contributed by atoms with Gasteiger partial charge in [0, 0.05) is 26.3 Å². The molecule has 0 spiro atoms. The van der Waals surface area contributed by atoms with Crippen LogP contribution >= 0.6 is 0 Å².